The molecule has 3 aromatic carbocycles. The summed E-state index contributed by atoms with van der Waals surface area (Å²) < 4.78 is 71.3. The summed E-state index contributed by atoms with van der Waals surface area (Å²) in [5, 5.41) is 0. The minimum atomic E-state index is -1.02. The van der Waals surface area contributed by atoms with Crippen LogP contribution in [-0.4, -0.2) is 13.2 Å². The first-order valence-corrected chi connectivity index (χ1v) is 15.3. The molecule has 0 spiro atoms. The molecule has 41 heavy (non-hydrogen) atoms. The fourth-order valence-electron chi connectivity index (χ4n) is 5.66. The quantitative estimate of drug-likeness (QED) is 0.142. The van der Waals surface area contributed by atoms with Gasteiger partial charge in [0.2, 0.25) is 5.82 Å². The molecule has 0 radical (unpaired) electrons. The third kappa shape index (κ3) is 7.91. The minimum Gasteiger partial charge on any atom is -0.490 e. The van der Waals surface area contributed by atoms with Gasteiger partial charge in [0.15, 0.2) is 23.2 Å². The topological polar surface area (TPSA) is 18.5 Å². The molecule has 1 saturated heterocycles. The van der Waals surface area contributed by atoms with Crippen LogP contribution < -0.4 is 4.74 Å². The normalized spacial score (nSPS) is 17.1. The fourth-order valence-corrected chi connectivity index (χ4v) is 5.66. The third-order valence-electron chi connectivity index (χ3n) is 8.09. The van der Waals surface area contributed by atoms with E-state index in [-0.39, 0.29) is 22.4 Å². The van der Waals surface area contributed by atoms with Crippen LogP contribution in [0.4, 0.5) is 17.6 Å². The lowest BCUT2D eigenvalue weighted by molar-refractivity contribution is -0.0214. The highest BCUT2D eigenvalue weighted by Crippen LogP contribution is 2.37. The maximum atomic E-state index is 15.2. The lowest BCUT2D eigenvalue weighted by Crippen LogP contribution is -2.21. The third-order valence-corrected chi connectivity index (χ3v) is 8.09. The second-order valence-electron chi connectivity index (χ2n) is 11.2. The Bertz CT molecular complexity index is 1250. The first-order valence-electron chi connectivity index (χ1n) is 15.3. The average Bonchev–Trinajstić information content (AvgIpc) is 2.99. The zero-order valence-electron chi connectivity index (χ0n) is 24.3. The molecule has 0 amide bonds. The van der Waals surface area contributed by atoms with Crippen molar-refractivity contribution in [2.45, 2.75) is 90.6 Å². The van der Waals surface area contributed by atoms with Gasteiger partial charge < -0.3 is 9.47 Å². The Hall–Kier alpha value is -2.86. The van der Waals surface area contributed by atoms with Gasteiger partial charge in [0.05, 0.1) is 19.3 Å². The smallest absolute Gasteiger partial charge is 0.201 e. The van der Waals surface area contributed by atoms with Gasteiger partial charge in [-0.15, -0.1) is 0 Å². The molecule has 2 nitrogen and oxygen atoms in total. The van der Waals surface area contributed by atoms with E-state index in [0.717, 1.165) is 38.5 Å². The SMILES string of the molecule is CCCCCCCCCOc1ccc(-c2ccc(-c3ccc(C4CCC(CCC)CO4)c(F)c3F)cc2)c(F)c1F. The van der Waals surface area contributed by atoms with Crippen molar-refractivity contribution in [3.05, 3.63) is 77.4 Å². The number of rotatable bonds is 14. The van der Waals surface area contributed by atoms with Gasteiger partial charge in [-0.2, -0.15) is 4.39 Å². The predicted octanol–water partition coefficient (Wildman–Crippen LogP) is 11.0. The van der Waals surface area contributed by atoms with Gasteiger partial charge in [0, 0.05) is 16.7 Å². The summed E-state index contributed by atoms with van der Waals surface area (Å²) in [6.45, 7) is 5.21. The molecule has 0 bridgehead atoms. The zero-order chi connectivity index (χ0) is 29.2. The molecular formula is C35H42F4O2. The highest BCUT2D eigenvalue weighted by Gasteiger charge is 2.27. The maximum Gasteiger partial charge on any atom is 0.201 e. The molecule has 222 valence electrons. The Morgan fingerprint density at radius 2 is 1.27 bits per heavy atom. The molecule has 1 heterocycles. The second kappa shape index (κ2) is 15.4. The van der Waals surface area contributed by atoms with Crippen LogP contribution in [0.3, 0.4) is 0 Å². The van der Waals surface area contributed by atoms with Crippen molar-refractivity contribution in [3.63, 3.8) is 0 Å². The number of hydrogen-bond donors (Lipinski definition) is 0. The Kier molecular flexibility index (Phi) is 11.7. The lowest BCUT2D eigenvalue weighted by atomic mass is 9.90. The van der Waals surface area contributed by atoms with Crippen molar-refractivity contribution >= 4 is 0 Å². The van der Waals surface area contributed by atoms with Crippen LogP contribution >= 0.6 is 0 Å². The van der Waals surface area contributed by atoms with E-state index in [1.807, 2.05) is 0 Å². The van der Waals surface area contributed by atoms with Gasteiger partial charge in [-0.3, -0.25) is 0 Å². The summed E-state index contributed by atoms with van der Waals surface area (Å²) in [7, 11) is 0. The molecule has 6 heteroatoms. The standard InChI is InChI=1S/C35H42F4O2/c1-3-5-6-7-8-9-10-22-40-31-21-19-28(33(37)35(31)39)26-15-13-25(14-16-26)27-17-18-29(34(38)32(27)36)30-20-12-24(11-4-2)23-41-30/h13-19,21,24,30H,3-12,20,22-23H2,1-2H3. The van der Waals surface area contributed by atoms with Crippen molar-refractivity contribution < 1.29 is 27.0 Å². The molecule has 0 aromatic heterocycles. The van der Waals surface area contributed by atoms with Crippen LogP contribution in [0.1, 0.15) is 96.1 Å². The van der Waals surface area contributed by atoms with E-state index in [2.05, 4.69) is 13.8 Å². The number of hydrogen-bond acceptors (Lipinski definition) is 2. The molecule has 2 unspecified atom stereocenters. The second-order valence-corrected chi connectivity index (χ2v) is 11.2. The Morgan fingerprint density at radius 1 is 0.659 bits per heavy atom. The maximum absolute atomic E-state index is 15.2. The fraction of sp³-hybridized carbons (Fsp3) is 0.486. The van der Waals surface area contributed by atoms with Crippen LogP contribution in [-0.2, 0) is 4.74 Å². The van der Waals surface area contributed by atoms with E-state index in [9.17, 15) is 8.78 Å². The largest absolute Gasteiger partial charge is 0.490 e. The van der Waals surface area contributed by atoms with Crippen LogP contribution in [0, 0.1) is 29.2 Å². The van der Waals surface area contributed by atoms with E-state index in [1.165, 1.54) is 37.8 Å². The van der Waals surface area contributed by atoms with E-state index in [4.69, 9.17) is 9.47 Å². The van der Waals surface area contributed by atoms with Gasteiger partial charge in [-0.05, 0) is 54.9 Å². The first kappa shape index (κ1) is 31.1. The lowest BCUT2D eigenvalue weighted by Gasteiger charge is -2.29. The van der Waals surface area contributed by atoms with Crippen LogP contribution in [0.5, 0.6) is 5.75 Å². The van der Waals surface area contributed by atoms with Crippen molar-refractivity contribution in [3.8, 4) is 28.0 Å². The Labute approximate surface area is 242 Å². The minimum absolute atomic E-state index is 0.0788. The molecule has 4 rings (SSSR count). The zero-order valence-corrected chi connectivity index (χ0v) is 24.3. The summed E-state index contributed by atoms with van der Waals surface area (Å²) in [5.74, 6) is -3.48. The molecular weight excluding hydrogens is 528 g/mol. The summed E-state index contributed by atoms with van der Waals surface area (Å²) >= 11 is 0. The average molecular weight is 571 g/mol. The number of ether oxygens (including phenoxy) is 2. The molecule has 3 aromatic rings. The highest BCUT2D eigenvalue weighted by atomic mass is 19.2. The molecule has 1 aliphatic heterocycles. The van der Waals surface area contributed by atoms with Gasteiger partial charge in [-0.1, -0.05) is 95.2 Å². The summed E-state index contributed by atoms with van der Waals surface area (Å²) in [6.07, 6.45) is 11.1. The summed E-state index contributed by atoms with van der Waals surface area (Å²) in [6, 6.07) is 12.4. The summed E-state index contributed by atoms with van der Waals surface area (Å²) in [5.41, 5.74) is 1.30. The van der Waals surface area contributed by atoms with E-state index < -0.39 is 29.4 Å². The highest BCUT2D eigenvalue weighted by molar-refractivity contribution is 5.71. The molecule has 2 atom stereocenters. The van der Waals surface area contributed by atoms with Gasteiger partial charge >= 0.3 is 0 Å². The molecule has 0 N–H and O–H groups in total. The number of benzene rings is 3. The Morgan fingerprint density at radius 3 is 1.88 bits per heavy atom. The molecule has 0 aliphatic carbocycles. The first-order chi connectivity index (χ1) is 19.9. The van der Waals surface area contributed by atoms with Crippen molar-refractivity contribution in [2.24, 2.45) is 5.92 Å². The van der Waals surface area contributed by atoms with Crippen LogP contribution in [0.15, 0.2) is 48.5 Å². The van der Waals surface area contributed by atoms with Gasteiger partial charge in [-0.25, -0.2) is 13.2 Å². The summed E-state index contributed by atoms with van der Waals surface area (Å²) in [4.78, 5) is 0. The van der Waals surface area contributed by atoms with Crippen molar-refractivity contribution in [2.75, 3.05) is 13.2 Å². The number of unbranched alkanes of at least 4 members (excludes halogenated alkanes) is 6. The molecule has 1 aliphatic rings. The van der Waals surface area contributed by atoms with Crippen molar-refractivity contribution in [1.82, 2.24) is 0 Å². The molecule has 0 saturated carbocycles. The predicted molar refractivity (Wildman–Crippen MR) is 157 cm³/mol. The Balaban J connectivity index is 1.39. The number of halogens is 4. The van der Waals surface area contributed by atoms with Crippen LogP contribution in [0.25, 0.3) is 22.3 Å². The monoisotopic (exact) mass is 570 g/mol. The van der Waals surface area contributed by atoms with Crippen molar-refractivity contribution in [1.29, 1.82) is 0 Å². The van der Waals surface area contributed by atoms with E-state index in [0.29, 0.717) is 36.7 Å². The van der Waals surface area contributed by atoms with Crippen LogP contribution in [0.2, 0.25) is 0 Å². The van der Waals surface area contributed by atoms with Gasteiger partial charge in [0.25, 0.3) is 0 Å². The van der Waals surface area contributed by atoms with Gasteiger partial charge in [0.1, 0.15) is 0 Å². The van der Waals surface area contributed by atoms with E-state index >= 15 is 8.78 Å². The van der Waals surface area contributed by atoms with E-state index in [1.54, 1.807) is 36.4 Å². The molecule has 1 fully saturated rings.